The van der Waals surface area contributed by atoms with E-state index in [0.717, 1.165) is 37.1 Å². The number of aromatic nitrogens is 2. The molecule has 10 nitrogen and oxygen atoms in total. The summed E-state index contributed by atoms with van der Waals surface area (Å²) in [5.41, 5.74) is 4.74. The fourth-order valence-electron chi connectivity index (χ4n) is 6.11. The summed E-state index contributed by atoms with van der Waals surface area (Å²) in [6.45, 7) is 5.82. The molecule has 0 aliphatic carbocycles. The van der Waals surface area contributed by atoms with Crippen LogP contribution in [-0.4, -0.2) is 20.9 Å². The third-order valence-electron chi connectivity index (χ3n) is 9.40. The van der Waals surface area contributed by atoms with Gasteiger partial charge >= 0.3 is 0 Å². The third kappa shape index (κ3) is 7.61. The maximum absolute atomic E-state index is 13.4. The lowest BCUT2D eigenvalue weighted by molar-refractivity contribution is 0.101. The van der Waals surface area contributed by atoms with Crippen LogP contribution in [-0.2, 0) is 7.05 Å². The van der Waals surface area contributed by atoms with E-state index in [-0.39, 0.29) is 61.3 Å². The molecule has 0 bridgehead atoms. The molecule has 0 radical (unpaired) electrons. The molecular formula is C45H44N4O6. The number of aryl methyl sites for hydroxylation is 3. The Morgan fingerprint density at radius 3 is 1.45 bits per heavy atom. The third-order valence-corrected chi connectivity index (χ3v) is 9.40. The Kier molecular flexibility index (Phi) is 11.9. The van der Waals surface area contributed by atoms with Crippen molar-refractivity contribution in [3.8, 4) is 5.69 Å². The Morgan fingerprint density at radius 2 is 0.964 bits per heavy atom. The van der Waals surface area contributed by atoms with Crippen LogP contribution >= 0.6 is 0 Å². The molecule has 0 unspecified atom stereocenters. The molecule has 7 rings (SSSR count). The van der Waals surface area contributed by atoms with Crippen molar-refractivity contribution >= 4 is 56.9 Å². The Bertz CT molecular complexity index is 2760. The van der Waals surface area contributed by atoms with Crippen LogP contribution in [0.15, 0.2) is 116 Å². The predicted molar refractivity (Wildman–Crippen MR) is 226 cm³/mol. The highest BCUT2D eigenvalue weighted by atomic mass is 16.2. The van der Waals surface area contributed by atoms with Gasteiger partial charge in [-0.25, -0.2) is 4.57 Å². The fraction of sp³-hybridized carbons (Fsp3) is 0.156. The number of rotatable bonds is 7. The van der Waals surface area contributed by atoms with Gasteiger partial charge in [-0.1, -0.05) is 70.8 Å². The van der Waals surface area contributed by atoms with Crippen LogP contribution in [0.5, 0.6) is 0 Å². The van der Waals surface area contributed by atoms with E-state index in [9.17, 15) is 28.8 Å². The predicted octanol–water partition coefficient (Wildman–Crippen LogP) is 7.95. The number of anilines is 2. The maximum atomic E-state index is 13.4. The van der Waals surface area contributed by atoms with E-state index in [1.807, 2.05) is 68.5 Å². The molecule has 2 aromatic heterocycles. The lowest BCUT2D eigenvalue weighted by Gasteiger charge is -2.11. The quantitative estimate of drug-likeness (QED) is 0.160. The Labute approximate surface area is 318 Å². The second-order valence-corrected chi connectivity index (χ2v) is 12.8. The fourth-order valence-corrected chi connectivity index (χ4v) is 6.11. The van der Waals surface area contributed by atoms with Gasteiger partial charge in [0, 0.05) is 29.5 Å². The van der Waals surface area contributed by atoms with Gasteiger partial charge in [-0.3, -0.25) is 33.3 Å². The second-order valence-electron chi connectivity index (χ2n) is 12.8. The summed E-state index contributed by atoms with van der Waals surface area (Å²) in [7, 11) is 1.35. The maximum Gasteiger partial charge on any atom is 0.266 e. The number of carbonyl (C=O) groups is 2. The van der Waals surface area contributed by atoms with E-state index in [1.165, 1.54) is 19.2 Å². The van der Waals surface area contributed by atoms with E-state index in [1.54, 1.807) is 49.4 Å². The molecule has 5 aromatic carbocycles. The normalized spacial score (nSPS) is 10.8. The molecule has 0 aliphatic heterocycles. The van der Waals surface area contributed by atoms with Crippen LogP contribution in [0.3, 0.4) is 0 Å². The highest BCUT2D eigenvalue weighted by molar-refractivity contribution is 6.05. The van der Waals surface area contributed by atoms with Gasteiger partial charge in [0.1, 0.15) is 0 Å². The summed E-state index contributed by atoms with van der Waals surface area (Å²) in [6, 6.07) is 27.5. The minimum absolute atomic E-state index is 0. The number of carbonyl (C=O) groups excluding carboxylic acids is 2. The van der Waals surface area contributed by atoms with Crippen molar-refractivity contribution in [2.24, 2.45) is 7.05 Å². The van der Waals surface area contributed by atoms with Crippen LogP contribution in [0, 0.1) is 20.8 Å². The summed E-state index contributed by atoms with van der Waals surface area (Å²) in [5, 5.41) is 6.04. The summed E-state index contributed by atoms with van der Waals surface area (Å²) in [4.78, 5) is 77.7. The molecule has 280 valence electrons. The Balaban J connectivity index is 0.00000224. The average Bonchev–Trinajstić information content (AvgIpc) is 3.51. The first-order valence-electron chi connectivity index (χ1n) is 16.5. The first-order chi connectivity index (χ1) is 24.9. The van der Waals surface area contributed by atoms with Crippen molar-refractivity contribution in [1.82, 2.24) is 9.13 Å². The van der Waals surface area contributed by atoms with Gasteiger partial charge in [-0.05, 0) is 109 Å². The molecule has 0 saturated heterocycles. The zero-order chi connectivity index (χ0) is 36.8. The zero-order valence-corrected chi connectivity index (χ0v) is 28.7. The smallest absolute Gasteiger partial charge is 0.266 e. The molecule has 0 aliphatic rings. The van der Waals surface area contributed by atoms with E-state index < -0.39 is 22.2 Å². The van der Waals surface area contributed by atoms with Gasteiger partial charge < -0.3 is 10.6 Å². The van der Waals surface area contributed by atoms with Crippen molar-refractivity contribution in [2.75, 3.05) is 10.6 Å². The van der Waals surface area contributed by atoms with Crippen molar-refractivity contribution < 1.29 is 9.59 Å². The van der Waals surface area contributed by atoms with Crippen molar-refractivity contribution in [2.45, 2.75) is 43.1 Å². The van der Waals surface area contributed by atoms with E-state index in [4.69, 9.17) is 0 Å². The zero-order valence-electron chi connectivity index (χ0n) is 28.7. The number of benzene rings is 5. The van der Waals surface area contributed by atoms with Gasteiger partial charge in [0.05, 0.1) is 27.2 Å². The minimum atomic E-state index is -0.628. The van der Waals surface area contributed by atoms with Crippen LogP contribution in [0.2, 0.25) is 0 Å². The molecule has 0 atom stereocenters. The lowest BCUT2D eigenvalue weighted by Crippen LogP contribution is -2.24. The summed E-state index contributed by atoms with van der Waals surface area (Å²) in [6.07, 6.45) is 3.82. The lowest BCUT2D eigenvalue weighted by atomic mass is 10.1. The molecule has 2 heterocycles. The summed E-state index contributed by atoms with van der Waals surface area (Å²) < 4.78 is 1.92. The molecule has 0 spiro atoms. The molecule has 10 heteroatoms. The number of hydrogen-bond acceptors (Lipinski definition) is 6. The van der Waals surface area contributed by atoms with Crippen LogP contribution in [0.4, 0.5) is 11.4 Å². The molecule has 0 saturated carbocycles. The highest BCUT2D eigenvalue weighted by Crippen LogP contribution is 2.22. The second kappa shape index (κ2) is 16.0. The summed E-state index contributed by atoms with van der Waals surface area (Å²) in [5.74, 6) is -0.572. The minimum Gasteiger partial charge on any atom is -0.322 e. The number of hydrogen-bond donors (Lipinski definition) is 2. The first kappa shape index (κ1) is 40.8. The highest BCUT2D eigenvalue weighted by Gasteiger charge is 2.20. The summed E-state index contributed by atoms with van der Waals surface area (Å²) >= 11 is 0. The van der Waals surface area contributed by atoms with Gasteiger partial charge in [0.15, 0.2) is 0 Å². The monoisotopic (exact) mass is 736 g/mol. The number of amides is 2. The standard InChI is InChI=1S/C42H32N4O6.3CH4/c1-23-5-17-30(19-25(23)3)43-37(47)28-13-9-26(10-14-28)7-8-27-11-15-29(16-12-27)38(48)44-36-20-31(18-6-24(36)2)46-41(51)34-21-32-33(22-35(34)42(46)52)40(50)45(4)39(32)49;;;/h5-22H,1-4H3,(H,43,47)(H,44,48);3*1H4/b8-7+;;;. The largest absolute Gasteiger partial charge is 0.322 e. The van der Waals surface area contributed by atoms with E-state index in [2.05, 4.69) is 10.6 Å². The van der Waals surface area contributed by atoms with Crippen molar-refractivity contribution in [3.05, 3.63) is 177 Å². The number of fused-ring (bicyclic) bond motifs is 2. The SMILES string of the molecule is C.C.C.Cc1ccc(NC(=O)c2ccc(/C=C/c3ccc(C(=O)Nc4cc(-n5c(=O)c6cc7c(=O)n(C)c(=O)c7cc6c5=O)ccc4C)cc3)cc2)cc1C. The van der Waals surface area contributed by atoms with Gasteiger partial charge in [0.25, 0.3) is 34.1 Å². The van der Waals surface area contributed by atoms with Crippen LogP contribution in [0.25, 0.3) is 39.4 Å². The molecule has 55 heavy (non-hydrogen) atoms. The van der Waals surface area contributed by atoms with Crippen molar-refractivity contribution in [1.29, 1.82) is 0 Å². The van der Waals surface area contributed by atoms with E-state index >= 15 is 0 Å². The molecule has 2 N–H and O–H groups in total. The van der Waals surface area contributed by atoms with Crippen LogP contribution in [0.1, 0.15) is 70.8 Å². The molecule has 7 aromatic rings. The van der Waals surface area contributed by atoms with Crippen LogP contribution < -0.4 is 32.9 Å². The number of nitrogens with zero attached hydrogens (tertiary/aromatic N) is 2. The van der Waals surface area contributed by atoms with Crippen molar-refractivity contribution in [3.63, 3.8) is 0 Å². The first-order valence-corrected chi connectivity index (χ1v) is 16.5. The Morgan fingerprint density at radius 1 is 0.509 bits per heavy atom. The topological polar surface area (TPSA) is 136 Å². The molecular weight excluding hydrogens is 693 g/mol. The molecule has 0 fully saturated rings. The number of nitrogens with one attached hydrogen (secondary N) is 2. The van der Waals surface area contributed by atoms with Gasteiger partial charge in [0.2, 0.25) is 0 Å². The Hall–Kier alpha value is -6.94. The molecule has 2 amide bonds. The van der Waals surface area contributed by atoms with E-state index in [0.29, 0.717) is 22.4 Å². The van der Waals surface area contributed by atoms with Gasteiger partial charge in [-0.2, -0.15) is 0 Å². The van der Waals surface area contributed by atoms with Gasteiger partial charge in [-0.15, -0.1) is 0 Å². The average molecular weight is 737 g/mol.